The molecule has 7 heteroatoms. The lowest BCUT2D eigenvalue weighted by Gasteiger charge is -2.08. The van der Waals surface area contributed by atoms with E-state index in [1.807, 2.05) is 23.6 Å². The molecule has 0 fully saturated rings. The van der Waals surface area contributed by atoms with Crippen LogP contribution in [0.25, 0.3) is 10.4 Å². The van der Waals surface area contributed by atoms with Crippen LogP contribution in [0.15, 0.2) is 60.2 Å². The molecule has 0 aliphatic carbocycles. The maximum atomic E-state index is 13.6. The number of pyridine rings is 1. The minimum absolute atomic E-state index is 0.114. The van der Waals surface area contributed by atoms with Gasteiger partial charge < -0.3 is 0 Å². The van der Waals surface area contributed by atoms with Gasteiger partial charge in [0.05, 0.1) is 5.75 Å². The Balaban J connectivity index is 1.69. The van der Waals surface area contributed by atoms with Crippen molar-refractivity contribution >= 4 is 21.4 Å². The van der Waals surface area contributed by atoms with Crippen LogP contribution in [0.3, 0.4) is 0 Å². The van der Waals surface area contributed by atoms with E-state index in [2.05, 4.69) is 9.71 Å². The van der Waals surface area contributed by atoms with Crippen LogP contribution in [-0.4, -0.2) is 13.4 Å². The molecule has 3 aromatic rings. The third-order valence-corrected chi connectivity index (χ3v) is 5.59. The van der Waals surface area contributed by atoms with Crippen LogP contribution >= 0.6 is 11.3 Å². The van der Waals surface area contributed by atoms with Gasteiger partial charge in [0.1, 0.15) is 5.82 Å². The van der Waals surface area contributed by atoms with Crippen LogP contribution in [0, 0.1) is 5.82 Å². The molecule has 4 nitrogen and oxygen atoms in total. The van der Waals surface area contributed by atoms with Gasteiger partial charge in [-0.1, -0.05) is 24.3 Å². The van der Waals surface area contributed by atoms with Gasteiger partial charge in [0.25, 0.3) is 0 Å². The molecule has 2 aromatic heterocycles. The van der Waals surface area contributed by atoms with Crippen LogP contribution in [0.1, 0.15) is 11.1 Å². The number of nitrogens with one attached hydrogen (secondary N) is 1. The molecule has 0 aliphatic heterocycles. The van der Waals surface area contributed by atoms with Crippen molar-refractivity contribution in [2.45, 2.75) is 12.3 Å². The van der Waals surface area contributed by atoms with Crippen molar-refractivity contribution in [3.05, 3.63) is 77.2 Å². The van der Waals surface area contributed by atoms with Crippen LogP contribution < -0.4 is 4.72 Å². The SMILES string of the molecule is O=S(=O)(Cc1ccccc1F)NCc1cncc(-c2cccs2)c1. The highest BCUT2D eigenvalue weighted by molar-refractivity contribution is 7.88. The first kappa shape index (κ1) is 16.8. The van der Waals surface area contributed by atoms with Crippen molar-refractivity contribution in [1.29, 1.82) is 0 Å². The van der Waals surface area contributed by atoms with E-state index in [9.17, 15) is 12.8 Å². The van der Waals surface area contributed by atoms with Gasteiger partial charge in [-0.2, -0.15) is 0 Å². The van der Waals surface area contributed by atoms with Crippen molar-refractivity contribution in [2.24, 2.45) is 0 Å². The third-order valence-electron chi connectivity index (χ3n) is 3.40. The maximum Gasteiger partial charge on any atom is 0.216 e. The molecule has 24 heavy (non-hydrogen) atoms. The van der Waals surface area contributed by atoms with Gasteiger partial charge in [-0.15, -0.1) is 11.3 Å². The summed E-state index contributed by atoms with van der Waals surface area (Å²) in [4.78, 5) is 5.22. The predicted octanol–water partition coefficient (Wildman–Crippen LogP) is 3.57. The highest BCUT2D eigenvalue weighted by atomic mass is 32.2. The molecule has 0 radical (unpaired) electrons. The van der Waals surface area contributed by atoms with Gasteiger partial charge in [-0.05, 0) is 29.1 Å². The summed E-state index contributed by atoms with van der Waals surface area (Å²) in [5.41, 5.74) is 1.84. The van der Waals surface area contributed by atoms with Crippen LogP contribution in [0.4, 0.5) is 4.39 Å². The number of aromatic nitrogens is 1. The maximum absolute atomic E-state index is 13.6. The summed E-state index contributed by atoms with van der Waals surface area (Å²) >= 11 is 1.59. The Bertz CT molecular complexity index is 925. The summed E-state index contributed by atoms with van der Waals surface area (Å²) in [7, 11) is -3.64. The molecule has 2 heterocycles. The second kappa shape index (κ2) is 7.21. The number of nitrogens with zero attached hydrogens (tertiary/aromatic N) is 1. The van der Waals surface area contributed by atoms with Crippen molar-refractivity contribution in [3.8, 4) is 10.4 Å². The Labute approximate surface area is 144 Å². The van der Waals surface area contributed by atoms with Gasteiger partial charge in [-0.25, -0.2) is 17.5 Å². The highest BCUT2D eigenvalue weighted by Crippen LogP contribution is 2.24. The van der Waals surface area contributed by atoms with Crippen molar-refractivity contribution in [2.75, 3.05) is 0 Å². The number of thiophene rings is 1. The van der Waals surface area contributed by atoms with Crippen molar-refractivity contribution < 1.29 is 12.8 Å². The van der Waals surface area contributed by atoms with Gasteiger partial charge in [0, 0.05) is 34.9 Å². The zero-order chi connectivity index (χ0) is 17.0. The molecule has 0 spiro atoms. The summed E-state index contributed by atoms with van der Waals surface area (Å²) in [6.07, 6.45) is 3.35. The van der Waals surface area contributed by atoms with Gasteiger partial charge >= 0.3 is 0 Å². The van der Waals surface area contributed by atoms with Gasteiger partial charge in [0.15, 0.2) is 0 Å². The number of rotatable bonds is 6. The predicted molar refractivity (Wildman–Crippen MR) is 93.4 cm³/mol. The van der Waals surface area contributed by atoms with Crippen LogP contribution in [-0.2, 0) is 22.3 Å². The number of hydrogen-bond donors (Lipinski definition) is 1. The zero-order valence-electron chi connectivity index (χ0n) is 12.6. The molecule has 0 atom stereocenters. The molecule has 0 unspecified atom stereocenters. The Morgan fingerprint density at radius 1 is 1.12 bits per heavy atom. The minimum atomic E-state index is -3.64. The summed E-state index contributed by atoms with van der Waals surface area (Å²) in [5, 5.41) is 1.97. The largest absolute Gasteiger partial charge is 0.264 e. The Kier molecular flexibility index (Phi) is 5.03. The average molecular weight is 362 g/mol. The molecule has 1 N–H and O–H groups in total. The molecule has 0 saturated carbocycles. The lowest BCUT2D eigenvalue weighted by Crippen LogP contribution is -2.25. The number of halogens is 1. The third kappa shape index (κ3) is 4.25. The van der Waals surface area contributed by atoms with E-state index in [1.165, 1.54) is 18.2 Å². The topological polar surface area (TPSA) is 59.1 Å². The minimum Gasteiger partial charge on any atom is -0.264 e. The second-order valence-electron chi connectivity index (χ2n) is 5.23. The Morgan fingerprint density at radius 2 is 1.96 bits per heavy atom. The van der Waals surface area contributed by atoms with Crippen molar-refractivity contribution in [3.63, 3.8) is 0 Å². The molecular weight excluding hydrogens is 347 g/mol. The number of hydrogen-bond acceptors (Lipinski definition) is 4. The van der Waals surface area contributed by atoms with E-state index in [4.69, 9.17) is 0 Å². The van der Waals surface area contributed by atoms with E-state index in [1.54, 1.807) is 29.8 Å². The van der Waals surface area contributed by atoms with Gasteiger partial charge in [0.2, 0.25) is 10.0 Å². The Morgan fingerprint density at radius 3 is 2.71 bits per heavy atom. The number of sulfonamides is 1. The van der Waals surface area contributed by atoms with E-state index >= 15 is 0 Å². The fourth-order valence-electron chi connectivity index (χ4n) is 2.23. The summed E-state index contributed by atoms with van der Waals surface area (Å²) < 4.78 is 40.4. The molecule has 0 amide bonds. The molecule has 0 bridgehead atoms. The first-order valence-electron chi connectivity index (χ1n) is 7.22. The first-order valence-corrected chi connectivity index (χ1v) is 9.75. The molecule has 124 valence electrons. The molecule has 1 aromatic carbocycles. The lowest BCUT2D eigenvalue weighted by atomic mass is 10.2. The smallest absolute Gasteiger partial charge is 0.216 e. The average Bonchev–Trinajstić information content (AvgIpc) is 3.10. The summed E-state index contributed by atoms with van der Waals surface area (Å²) in [6, 6.07) is 11.7. The zero-order valence-corrected chi connectivity index (χ0v) is 14.3. The van der Waals surface area contributed by atoms with E-state index in [0.717, 1.165) is 16.0 Å². The standard InChI is InChI=1S/C17H15FN2O2S2/c18-16-5-2-1-4-14(16)12-24(21,22)20-10-13-8-15(11-19-9-13)17-6-3-7-23-17/h1-9,11,20H,10,12H2. The highest BCUT2D eigenvalue weighted by Gasteiger charge is 2.14. The fourth-order valence-corrected chi connectivity index (χ4v) is 4.07. The molecule has 3 rings (SSSR count). The lowest BCUT2D eigenvalue weighted by molar-refractivity contribution is 0.574. The van der Waals surface area contributed by atoms with E-state index in [0.29, 0.717) is 0 Å². The van der Waals surface area contributed by atoms with E-state index in [-0.39, 0.29) is 12.1 Å². The normalized spacial score (nSPS) is 11.5. The van der Waals surface area contributed by atoms with Crippen molar-refractivity contribution in [1.82, 2.24) is 9.71 Å². The molecular formula is C17H15FN2O2S2. The quantitative estimate of drug-likeness (QED) is 0.729. The van der Waals surface area contributed by atoms with Gasteiger partial charge in [-0.3, -0.25) is 4.98 Å². The number of benzene rings is 1. The first-order chi connectivity index (χ1) is 11.5. The molecule has 0 saturated heterocycles. The monoisotopic (exact) mass is 362 g/mol. The Hall–Kier alpha value is -2.09. The fraction of sp³-hybridized carbons (Fsp3) is 0.118. The van der Waals surface area contributed by atoms with Crippen LogP contribution in [0.2, 0.25) is 0 Å². The summed E-state index contributed by atoms with van der Waals surface area (Å²) in [5.74, 6) is -0.915. The van der Waals surface area contributed by atoms with E-state index < -0.39 is 21.6 Å². The summed E-state index contributed by atoms with van der Waals surface area (Å²) in [6.45, 7) is 0.114. The molecule has 0 aliphatic rings. The second-order valence-corrected chi connectivity index (χ2v) is 7.99. The van der Waals surface area contributed by atoms with Crippen LogP contribution in [0.5, 0.6) is 0 Å².